The minimum atomic E-state index is -1.04. The first-order valence-corrected chi connectivity index (χ1v) is 10.6. The van der Waals surface area contributed by atoms with Crippen LogP contribution in [0.3, 0.4) is 0 Å². The number of methoxy groups -OCH3 is 1. The molecule has 0 fully saturated rings. The Morgan fingerprint density at radius 1 is 1.19 bits per heavy atom. The van der Waals surface area contributed by atoms with Gasteiger partial charge in [0.1, 0.15) is 10.9 Å². The molecule has 32 heavy (non-hydrogen) atoms. The molecule has 8 heteroatoms. The fraction of sp³-hybridized carbons (Fsp3) is 0.250. The predicted octanol–water partition coefficient (Wildman–Crippen LogP) is 4.75. The largest absolute Gasteiger partial charge is 0.497 e. The monoisotopic (exact) mass is 451 g/mol. The average molecular weight is 452 g/mol. The van der Waals surface area contributed by atoms with Crippen LogP contribution in [0.4, 0.5) is 0 Å². The van der Waals surface area contributed by atoms with Gasteiger partial charge < -0.3 is 9.84 Å². The third-order valence-electron chi connectivity index (χ3n) is 5.43. The maximum absolute atomic E-state index is 12.9. The Kier molecular flexibility index (Phi) is 6.10. The summed E-state index contributed by atoms with van der Waals surface area (Å²) in [7, 11) is 1.59. The molecule has 0 bridgehead atoms. The lowest BCUT2D eigenvalue weighted by Gasteiger charge is -2.23. The Morgan fingerprint density at radius 3 is 2.75 bits per heavy atom. The van der Waals surface area contributed by atoms with E-state index in [1.807, 2.05) is 55.5 Å². The molecule has 1 aliphatic heterocycles. The van der Waals surface area contributed by atoms with Gasteiger partial charge in [-0.15, -0.1) is 0 Å². The van der Waals surface area contributed by atoms with Crippen LogP contribution in [0.5, 0.6) is 5.75 Å². The number of hydrogen-bond acceptors (Lipinski definition) is 5. The molecule has 0 saturated heterocycles. The highest BCUT2D eigenvalue weighted by Gasteiger charge is 2.35. The molecular weight excluding hydrogens is 430 g/mol. The fourth-order valence-corrected chi connectivity index (χ4v) is 4.06. The molecule has 7 nitrogen and oxygen atoms in total. The normalized spacial score (nSPS) is 15.7. The van der Waals surface area contributed by atoms with Gasteiger partial charge in [-0.3, -0.25) is 9.59 Å². The van der Waals surface area contributed by atoms with Crippen LogP contribution >= 0.6 is 11.6 Å². The van der Waals surface area contributed by atoms with E-state index in [9.17, 15) is 9.59 Å². The molecule has 164 valence electrons. The molecule has 1 N–H and O–H groups in total. The second-order valence-electron chi connectivity index (χ2n) is 7.70. The molecule has 4 rings (SSSR count). The first-order chi connectivity index (χ1) is 15.4. The van der Waals surface area contributed by atoms with Crippen LogP contribution in [0.15, 0.2) is 53.6 Å². The van der Waals surface area contributed by atoms with E-state index in [1.165, 1.54) is 5.01 Å². The highest BCUT2D eigenvalue weighted by molar-refractivity contribution is 6.30. The number of carbonyl (C=O) groups excluding carboxylic acids is 1. The molecule has 1 atom stereocenters. The van der Waals surface area contributed by atoms with Crippen molar-refractivity contribution in [1.82, 2.24) is 9.99 Å². The standard InChI is InChI=1S/C24H22ClN3O4/c1-14-6-7-16-12-18(24(25)26-19(16)10-14)21-13-20(15-4-3-5-17(11-15)32-2)27-28(21)22(29)8-9-23(30)31/h3-7,10-12,21H,8-9,13H2,1-2H3,(H,30,31)/t21-/m0/s1. The summed E-state index contributed by atoms with van der Waals surface area (Å²) >= 11 is 6.56. The molecule has 0 unspecified atom stereocenters. The summed E-state index contributed by atoms with van der Waals surface area (Å²) in [6.45, 7) is 1.98. The van der Waals surface area contributed by atoms with Gasteiger partial charge in [0, 0.05) is 29.4 Å². The first-order valence-electron chi connectivity index (χ1n) is 10.2. The van der Waals surface area contributed by atoms with Gasteiger partial charge in [-0.05, 0) is 36.8 Å². The van der Waals surface area contributed by atoms with Gasteiger partial charge in [0.25, 0.3) is 0 Å². The Labute approximate surface area is 190 Å². The van der Waals surface area contributed by atoms with Crippen LogP contribution in [0, 0.1) is 6.92 Å². The Bertz CT molecular complexity index is 1240. The number of carboxylic acids is 1. The van der Waals surface area contributed by atoms with Crippen LogP contribution in [-0.2, 0) is 9.59 Å². The molecule has 3 aromatic rings. The van der Waals surface area contributed by atoms with Crippen molar-refractivity contribution in [2.24, 2.45) is 5.10 Å². The van der Waals surface area contributed by atoms with E-state index >= 15 is 0 Å². The van der Waals surface area contributed by atoms with Gasteiger partial charge in [-0.25, -0.2) is 9.99 Å². The van der Waals surface area contributed by atoms with Crippen molar-refractivity contribution in [2.75, 3.05) is 7.11 Å². The number of hydrazone groups is 1. The SMILES string of the molecule is COc1cccc(C2=NN(C(=O)CCC(=O)O)[C@H](c3cc4ccc(C)cc4nc3Cl)C2)c1. The van der Waals surface area contributed by atoms with Crippen molar-refractivity contribution in [3.8, 4) is 5.75 Å². The number of ether oxygens (including phenoxy) is 1. The molecule has 1 amide bonds. The van der Waals surface area contributed by atoms with Crippen LogP contribution in [-0.4, -0.2) is 39.8 Å². The Hall–Kier alpha value is -3.45. The molecule has 2 heterocycles. The highest BCUT2D eigenvalue weighted by Crippen LogP contribution is 2.38. The van der Waals surface area contributed by atoms with Crippen LogP contribution < -0.4 is 4.74 Å². The van der Waals surface area contributed by atoms with E-state index in [-0.39, 0.29) is 18.7 Å². The van der Waals surface area contributed by atoms with Gasteiger partial charge in [0.2, 0.25) is 5.91 Å². The number of fused-ring (bicyclic) bond motifs is 1. The zero-order valence-electron chi connectivity index (χ0n) is 17.7. The average Bonchev–Trinajstić information content (AvgIpc) is 3.22. The van der Waals surface area contributed by atoms with Crippen LogP contribution in [0.1, 0.15) is 42.0 Å². The number of amides is 1. The van der Waals surface area contributed by atoms with E-state index in [2.05, 4.69) is 10.1 Å². The summed E-state index contributed by atoms with van der Waals surface area (Å²) in [6.07, 6.45) is -0.00165. The topological polar surface area (TPSA) is 92.1 Å². The number of rotatable bonds is 6. The number of aliphatic carboxylic acids is 1. The molecule has 1 aromatic heterocycles. The van der Waals surface area contributed by atoms with E-state index in [4.69, 9.17) is 21.4 Å². The van der Waals surface area contributed by atoms with Crippen LogP contribution in [0.2, 0.25) is 5.15 Å². The van der Waals surface area contributed by atoms with E-state index in [0.29, 0.717) is 28.6 Å². The summed E-state index contributed by atoms with van der Waals surface area (Å²) < 4.78 is 5.31. The van der Waals surface area contributed by atoms with Crippen LogP contribution in [0.25, 0.3) is 10.9 Å². The Balaban J connectivity index is 1.74. The summed E-state index contributed by atoms with van der Waals surface area (Å²) in [6, 6.07) is 14.8. The van der Waals surface area contributed by atoms with Crippen molar-refractivity contribution >= 4 is 40.1 Å². The van der Waals surface area contributed by atoms with Gasteiger partial charge >= 0.3 is 5.97 Å². The van der Waals surface area contributed by atoms with Gasteiger partial charge in [-0.1, -0.05) is 35.9 Å². The second-order valence-corrected chi connectivity index (χ2v) is 8.05. The second kappa shape index (κ2) is 8.96. The van der Waals surface area contributed by atoms with Gasteiger partial charge in [-0.2, -0.15) is 5.10 Å². The summed E-state index contributed by atoms with van der Waals surface area (Å²) in [4.78, 5) is 28.5. The Morgan fingerprint density at radius 2 is 2.00 bits per heavy atom. The number of aryl methyl sites for hydroxylation is 1. The zero-order chi connectivity index (χ0) is 22.8. The lowest BCUT2D eigenvalue weighted by atomic mass is 9.98. The molecule has 1 aliphatic rings. The maximum Gasteiger partial charge on any atom is 0.303 e. The molecule has 0 aliphatic carbocycles. The van der Waals surface area contributed by atoms with Crippen molar-refractivity contribution in [1.29, 1.82) is 0 Å². The lowest BCUT2D eigenvalue weighted by Crippen LogP contribution is -2.27. The number of hydrogen-bond donors (Lipinski definition) is 1. The van der Waals surface area contributed by atoms with Crippen molar-refractivity contribution < 1.29 is 19.4 Å². The number of carbonyl (C=O) groups is 2. The molecule has 0 radical (unpaired) electrons. The van der Waals surface area contributed by atoms with Crippen molar-refractivity contribution in [3.05, 3.63) is 70.4 Å². The number of halogens is 1. The smallest absolute Gasteiger partial charge is 0.303 e. The molecule has 0 saturated carbocycles. The number of nitrogens with zero attached hydrogens (tertiary/aromatic N) is 3. The third-order valence-corrected chi connectivity index (χ3v) is 5.74. The molecule has 0 spiro atoms. The van der Waals surface area contributed by atoms with E-state index < -0.39 is 12.0 Å². The number of pyridine rings is 1. The quantitative estimate of drug-likeness (QED) is 0.546. The number of carboxylic acid groups (broad SMARTS) is 1. The summed E-state index contributed by atoms with van der Waals surface area (Å²) in [5.41, 5.74) is 4.03. The minimum Gasteiger partial charge on any atom is -0.497 e. The van der Waals surface area contributed by atoms with Crippen molar-refractivity contribution in [3.63, 3.8) is 0 Å². The number of aromatic nitrogens is 1. The lowest BCUT2D eigenvalue weighted by molar-refractivity contribution is -0.141. The predicted molar refractivity (Wildman–Crippen MR) is 122 cm³/mol. The summed E-state index contributed by atoms with van der Waals surface area (Å²) in [5, 5.41) is 16.1. The third kappa shape index (κ3) is 4.43. The molecular formula is C24H22ClN3O4. The van der Waals surface area contributed by atoms with Gasteiger partial charge in [0.15, 0.2) is 0 Å². The number of benzene rings is 2. The van der Waals surface area contributed by atoms with Crippen molar-refractivity contribution in [2.45, 2.75) is 32.2 Å². The first kappa shape index (κ1) is 21.8. The summed E-state index contributed by atoms with van der Waals surface area (Å²) in [5.74, 6) is -0.736. The molecule has 2 aromatic carbocycles. The van der Waals surface area contributed by atoms with E-state index in [1.54, 1.807) is 7.11 Å². The minimum absolute atomic E-state index is 0.154. The maximum atomic E-state index is 12.9. The zero-order valence-corrected chi connectivity index (χ0v) is 18.5. The highest BCUT2D eigenvalue weighted by atomic mass is 35.5. The van der Waals surface area contributed by atoms with Gasteiger partial charge in [0.05, 0.1) is 30.8 Å². The fourth-order valence-electron chi connectivity index (χ4n) is 3.79. The van der Waals surface area contributed by atoms with E-state index in [0.717, 1.165) is 22.0 Å².